The lowest BCUT2D eigenvalue weighted by Gasteiger charge is -2.20. The van der Waals surface area contributed by atoms with Gasteiger partial charge in [0.1, 0.15) is 11.5 Å². The molecule has 18 heavy (non-hydrogen) atoms. The number of rotatable bonds is 6. The Labute approximate surface area is 107 Å². The van der Waals surface area contributed by atoms with Crippen molar-refractivity contribution in [3.05, 3.63) is 23.2 Å². The second kappa shape index (κ2) is 6.82. The molecule has 0 saturated heterocycles. The maximum atomic E-state index is 12.3. The lowest BCUT2D eigenvalue weighted by atomic mass is 10.2. The topological polar surface area (TPSA) is 66.5 Å². The van der Waals surface area contributed by atoms with Crippen LogP contribution in [-0.2, 0) is 4.74 Å². The highest BCUT2D eigenvalue weighted by Crippen LogP contribution is 2.16. The number of ether oxygens (including phenoxy) is 1. The summed E-state index contributed by atoms with van der Waals surface area (Å²) in [5.41, 5.74) is 0.557. The fourth-order valence-corrected chi connectivity index (χ4v) is 1.71. The van der Waals surface area contributed by atoms with Crippen LogP contribution < -0.4 is 0 Å². The molecule has 0 N–H and O–H groups in total. The monoisotopic (exact) mass is 250 g/mol. The van der Waals surface area contributed by atoms with Gasteiger partial charge in [0, 0.05) is 20.2 Å². The number of carbonyl (C=O) groups is 1. The minimum Gasteiger partial charge on any atom is -0.466 e. The quantitative estimate of drug-likeness (QED) is 0.773. The van der Waals surface area contributed by atoms with E-state index in [4.69, 9.17) is 14.4 Å². The summed E-state index contributed by atoms with van der Waals surface area (Å²) in [4.78, 5) is 13.9. The second-order valence-electron chi connectivity index (χ2n) is 4.02. The fourth-order valence-electron chi connectivity index (χ4n) is 1.71. The fraction of sp³-hybridized carbons (Fsp3) is 0.538. The van der Waals surface area contributed by atoms with Crippen molar-refractivity contribution in [1.82, 2.24) is 4.90 Å². The van der Waals surface area contributed by atoms with E-state index in [0.717, 1.165) is 0 Å². The summed E-state index contributed by atoms with van der Waals surface area (Å²) < 4.78 is 10.3. The van der Waals surface area contributed by atoms with Crippen molar-refractivity contribution >= 4 is 5.91 Å². The molecule has 0 fully saturated rings. The molecule has 5 nitrogen and oxygen atoms in total. The summed E-state index contributed by atoms with van der Waals surface area (Å²) in [6.45, 7) is 4.90. The highest BCUT2D eigenvalue weighted by atomic mass is 16.5. The molecule has 1 aromatic heterocycles. The first-order valence-electron chi connectivity index (χ1n) is 5.82. The molecular formula is C13H18N2O3. The van der Waals surface area contributed by atoms with Crippen molar-refractivity contribution < 1.29 is 13.9 Å². The maximum Gasteiger partial charge on any atom is 0.257 e. The zero-order chi connectivity index (χ0) is 13.5. The molecular weight excluding hydrogens is 232 g/mol. The van der Waals surface area contributed by atoms with Gasteiger partial charge in [-0.2, -0.15) is 5.26 Å². The Balaban J connectivity index is 2.81. The summed E-state index contributed by atoms with van der Waals surface area (Å²) in [7, 11) is 1.58. The van der Waals surface area contributed by atoms with Crippen molar-refractivity contribution in [3.8, 4) is 6.07 Å². The van der Waals surface area contributed by atoms with Crippen molar-refractivity contribution in [2.75, 3.05) is 26.8 Å². The van der Waals surface area contributed by atoms with E-state index in [-0.39, 0.29) is 5.91 Å². The van der Waals surface area contributed by atoms with Gasteiger partial charge in [0.15, 0.2) is 0 Å². The van der Waals surface area contributed by atoms with Crippen LogP contribution >= 0.6 is 0 Å². The average molecular weight is 250 g/mol. The zero-order valence-electron chi connectivity index (χ0n) is 11.0. The lowest BCUT2D eigenvalue weighted by molar-refractivity contribution is 0.0698. The van der Waals surface area contributed by atoms with Crippen LogP contribution in [0.15, 0.2) is 10.5 Å². The lowest BCUT2D eigenvalue weighted by Crippen LogP contribution is -2.34. The van der Waals surface area contributed by atoms with Crippen LogP contribution in [0.1, 0.15) is 28.3 Å². The van der Waals surface area contributed by atoms with Gasteiger partial charge in [-0.1, -0.05) is 0 Å². The maximum absolute atomic E-state index is 12.3. The third-order valence-corrected chi connectivity index (χ3v) is 2.62. The summed E-state index contributed by atoms with van der Waals surface area (Å²) in [6, 6.07) is 3.77. The van der Waals surface area contributed by atoms with E-state index in [1.165, 1.54) is 0 Å². The molecule has 0 saturated carbocycles. The van der Waals surface area contributed by atoms with Gasteiger partial charge >= 0.3 is 0 Å². The number of nitrogens with zero attached hydrogens (tertiary/aromatic N) is 2. The summed E-state index contributed by atoms with van der Waals surface area (Å²) in [6.07, 6.45) is 0.311. The standard InChI is InChI=1S/C13H18N2O3/c1-10-9-12(11(2)18-10)13(16)15(6-4-5-14)7-8-17-3/h9H,4,6-8H2,1-3H3. The molecule has 0 aromatic carbocycles. The summed E-state index contributed by atoms with van der Waals surface area (Å²) >= 11 is 0. The van der Waals surface area contributed by atoms with Crippen LogP contribution in [0.3, 0.4) is 0 Å². The van der Waals surface area contributed by atoms with Crippen LogP contribution in [0, 0.1) is 25.2 Å². The first-order chi connectivity index (χ1) is 8.60. The second-order valence-corrected chi connectivity index (χ2v) is 4.02. The van der Waals surface area contributed by atoms with Gasteiger partial charge in [0.05, 0.1) is 24.7 Å². The van der Waals surface area contributed by atoms with Gasteiger partial charge in [-0.25, -0.2) is 0 Å². The number of nitriles is 1. The van der Waals surface area contributed by atoms with Gasteiger partial charge in [-0.15, -0.1) is 0 Å². The van der Waals surface area contributed by atoms with E-state index in [1.54, 1.807) is 31.9 Å². The van der Waals surface area contributed by atoms with Crippen molar-refractivity contribution in [1.29, 1.82) is 5.26 Å². The minimum atomic E-state index is -0.114. The van der Waals surface area contributed by atoms with Crippen LogP contribution in [0.25, 0.3) is 0 Å². The first-order valence-corrected chi connectivity index (χ1v) is 5.82. The Morgan fingerprint density at radius 1 is 1.50 bits per heavy atom. The molecule has 1 rings (SSSR count). The number of methoxy groups -OCH3 is 1. The summed E-state index contributed by atoms with van der Waals surface area (Å²) in [5, 5.41) is 8.61. The molecule has 5 heteroatoms. The van der Waals surface area contributed by atoms with Gasteiger partial charge in [-0.3, -0.25) is 4.79 Å². The molecule has 0 unspecified atom stereocenters. The normalized spacial score (nSPS) is 10.1. The van der Waals surface area contributed by atoms with Crippen molar-refractivity contribution in [3.63, 3.8) is 0 Å². The van der Waals surface area contributed by atoms with E-state index in [1.807, 2.05) is 6.07 Å². The number of aryl methyl sites for hydroxylation is 2. The van der Waals surface area contributed by atoms with Crippen molar-refractivity contribution in [2.45, 2.75) is 20.3 Å². The Morgan fingerprint density at radius 2 is 2.22 bits per heavy atom. The predicted molar refractivity (Wildman–Crippen MR) is 66.2 cm³/mol. The molecule has 1 heterocycles. The molecule has 1 amide bonds. The molecule has 0 atom stereocenters. The molecule has 98 valence electrons. The largest absolute Gasteiger partial charge is 0.466 e. The third kappa shape index (κ3) is 3.60. The predicted octanol–water partition coefficient (Wildman–Crippen LogP) is 1.90. The van der Waals surface area contributed by atoms with Crippen LogP contribution in [0.4, 0.5) is 0 Å². The molecule has 0 aliphatic carbocycles. The zero-order valence-corrected chi connectivity index (χ0v) is 11.0. The molecule has 0 spiro atoms. The molecule has 0 aliphatic rings. The molecule has 0 bridgehead atoms. The van der Waals surface area contributed by atoms with E-state index in [0.29, 0.717) is 43.2 Å². The van der Waals surface area contributed by atoms with Gasteiger partial charge in [-0.05, 0) is 19.9 Å². The van der Waals surface area contributed by atoms with E-state index in [9.17, 15) is 4.79 Å². The van der Waals surface area contributed by atoms with Gasteiger partial charge in [0.2, 0.25) is 0 Å². The van der Waals surface area contributed by atoms with Gasteiger partial charge < -0.3 is 14.1 Å². The molecule has 1 aromatic rings. The number of furan rings is 1. The van der Waals surface area contributed by atoms with Crippen LogP contribution in [0.5, 0.6) is 0 Å². The van der Waals surface area contributed by atoms with E-state index < -0.39 is 0 Å². The Morgan fingerprint density at radius 3 is 2.72 bits per heavy atom. The molecule has 0 radical (unpaired) electrons. The Kier molecular flexibility index (Phi) is 5.40. The smallest absolute Gasteiger partial charge is 0.257 e. The number of hydrogen-bond donors (Lipinski definition) is 0. The third-order valence-electron chi connectivity index (χ3n) is 2.62. The number of hydrogen-bond acceptors (Lipinski definition) is 4. The van der Waals surface area contributed by atoms with Crippen LogP contribution in [-0.4, -0.2) is 37.6 Å². The highest BCUT2D eigenvalue weighted by molar-refractivity contribution is 5.95. The van der Waals surface area contributed by atoms with Crippen LogP contribution in [0.2, 0.25) is 0 Å². The molecule has 0 aliphatic heterocycles. The first kappa shape index (κ1) is 14.3. The highest BCUT2D eigenvalue weighted by Gasteiger charge is 2.19. The summed E-state index contributed by atoms with van der Waals surface area (Å²) in [5.74, 6) is 1.20. The van der Waals surface area contributed by atoms with Gasteiger partial charge in [0.25, 0.3) is 5.91 Å². The Bertz CT molecular complexity index is 446. The number of carbonyl (C=O) groups excluding carboxylic acids is 1. The van der Waals surface area contributed by atoms with E-state index in [2.05, 4.69) is 0 Å². The minimum absolute atomic E-state index is 0.114. The SMILES string of the molecule is COCCN(CCC#N)C(=O)c1cc(C)oc1C. The van der Waals surface area contributed by atoms with E-state index >= 15 is 0 Å². The average Bonchev–Trinajstić information content (AvgIpc) is 2.68. The Hall–Kier alpha value is -1.80. The van der Waals surface area contributed by atoms with Crippen molar-refractivity contribution in [2.24, 2.45) is 0 Å². The number of amides is 1.